The van der Waals surface area contributed by atoms with Crippen molar-refractivity contribution in [2.45, 2.75) is 22.9 Å². The van der Waals surface area contributed by atoms with Gasteiger partial charge in [-0.05, 0) is 66.2 Å². The zero-order valence-corrected chi connectivity index (χ0v) is 18.2. The number of nitrogens with one attached hydrogen (secondary N) is 1. The summed E-state index contributed by atoms with van der Waals surface area (Å²) in [7, 11) is 1.59. The number of rotatable bonds is 6. The largest absolute Gasteiger partial charge is 0.573 e. The molecule has 0 saturated carbocycles. The predicted octanol–water partition coefficient (Wildman–Crippen LogP) is 6.22. The van der Waals surface area contributed by atoms with E-state index < -0.39 is 6.36 Å². The van der Waals surface area contributed by atoms with Gasteiger partial charge in [0.1, 0.15) is 11.5 Å². The van der Waals surface area contributed by atoms with Crippen LogP contribution >= 0.6 is 11.8 Å². The van der Waals surface area contributed by atoms with Gasteiger partial charge in [0, 0.05) is 17.0 Å². The Morgan fingerprint density at radius 1 is 1.00 bits per heavy atom. The summed E-state index contributed by atoms with van der Waals surface area (Å²) in [5.74, 6) is 0.0851. The van der Waals surface area contributed by atoms with Crippen LogP contribution in [-0.4, -0.2) is 30.3 Å². The average Bonchev–Trinajstić information content (AvgIpc) is 2.79. The molecule has 0 aliphatic carbocycles. The monoisotopic (exact) mass is 472 g/mol. The molecule has 170 valence electrons. The molecule has 9 heteroatoms. The van der Waals surface area contributed by atoms with Crippen LogP contribution in [0, 0.1) is 0 Å². The van der Waals surface area contributed by atoms with E-state index in [4.69, 9.17) is 9.73 Å². The van der Waals surface area contributed by atoms with Crippen LogP contribution in [0.3, 0.4) is 0 Å². The molecule has 0 aromatic heterocycles. The molecule has 4 rings (SSSR count). The molecule has 33 heavy (non-hydrogen) atoms. The smallest absolute Gasteiger partial charge is 0.497 e. The number of hydrogen-bond acceptors (Lipinski definition) is 5. The average molecular weight is 472 g/mol. The third kappa shape index (κ3) is 5.87. The molecule has 0 radical (unpaired) electrons. The Kier molecular flexibility index (Phi) is 6.60. The number of benzene rings is 3. The molecule has 0 spiro atoms. The molecule has 0 unspecified atom stereocenters. The number of thioether (sulfide) groups is 1. The highest BCUT2D eigenvalue weighted by atomic mass is 32.2. The number of hydrogen-bond donors (Lipinski definition) is 1. The van der Waals surface area contributed by atoms with E-state index in [9.17, 15) is 18.0 Å². The molecule has 1 aliphatic rings. The van der Waals surface area contributed by atoms with E-state index in [0.29, 0.717) is 5.69 Å². The van der Waals surface area contributed by atoms with E-state index >= 15 is 0 Å². The second-order valence-electron chi connectivity index (χ2n) is 7.12. The Morgan fingerprint density at radius 2 is 1.67 bits per heavy atom. The van der Waals surface area contributed by atoms with Gasteiger partial charge in [-0.2, -0.15) is 0 Å². The molecule has 1 aliphatic heterocycles. The van der Waals surface area contributed by atoms with Gasteiger partial charge in [0.25, 0.3) is 0 Å². The standard InChI is InChI=1S/C24H19F3N2O3S/c1-31-17-10-6-15(7-11-17)23-21(33-20-5-3-2-4-19(20)29-23)14-22(30)28-16-8-12-18(13-9-16)32-24(25,26)27/h2-13,21H,14H2,1H3,(H,28,30)/t21-/m0/s1. The lowest BCUT2D eigenvalue weighted by molar-refractivity contribution is -0.274. The fourth-order valence-electron chi connectivity index (χ4n) is 3.33. The van der Waals surface area contributed by atoms with Crippen molar-refractivity contribution in [3.63, 3.8) is 0 Å². The zero-order chi connectivity index (χ0) is 23.4. The van der Waals surface area contributed by atoms with Crippen molar-refractivity contribution in [1.29, 1.82) is 0 Å². The Bertz CT molecular complexity index is 1160. The predicted molar refractivity (Wildman–Crippen MR) is 122 cm³/mol. The van der Waals surface area contributed by atoms with Gasteiger partial charge in [-0.3, -0.25) is 9.79 Å². The number of carbonyl (C=O) groups excluding carboxylic acids is 1. The summed E-state index contributed by atoms with van der Waals surface area (Å²) in [6, 6.07) is 20.2. The molecular weight excluding hydrogens is 453 g/mol. The van der Waals surface area contributed by atoms with Crippen molar-refractivity contribution in [2.75, 3.05) is 12.4 Å². The number of methoxy groups -OCH3 is 1. The van der Waals surface area contributed by atoms with E-state index in [1.165, 1.54) is 12.1 Å². The van der Waals surface area contributed by atoms with E-state index in [1.54, 1.807) is 18.9 Å². The number of anilines is 1. The minimum Gasteiger partial charge on any atom is -0.497 e. The molecule has 0 saturated heterocycles. The molecule has 1 N–H and O–H groups in total. The van der Waals surface area contributed by atoms with Crippen LogP contribution in [-0.2, 0) is 4.79 Å². The summed E-state index contributed by atoms with van der Waals surface area (Å²) >= 11 is 1.55. The molecule has 0 bridgehead atoms. The van der Waals surface area contributed by atoms with Gasteiger partial charge in [0.2, 0.25) is 5.91 Å². The second kappa shape index (κ2) is 9.58. The Morgan fingerprint density at radius 3 is 2.33 bits per heavy atom. The van der Waals surface area contributed by atoms with Gasteiger partial charge in [-0.15, -0.1) is 24.9 Å². The van der Waals surface area contributed by atoms with E-state index in [-0.39, 0.29) is 23.3 Å². The molecule has 5 nitrogen and oxygen atoms in total. The summed E-state index contributed by atoms with van der Waals surface area (Å²) < 4.78 is 46.1. The minimum atomic E-state index is -4.77. The normalized spacial score (nSPS) is 15.3. The Hall–Kier alpha value is -3.46. The number of fused-ring (bicyclic) bond motifs is 1. The fraction of sp³-hybridized carbons (Fsp3) is 0.167. The van der Waals surface area contributed by atoms with Crippen molar-refractivity contribution in [2.24, 2.45) is 4.99 Å². The number of carbonyl (C=O) groups is 1. The number of ether oxygens (including phenoxy) is 2. The third-order valence-corrected chi connectivity index (χ3v) is 6.08. The molecule has 1 heterocycles. The molecule has 1 atom stereocenters. The maximum absolute atomic E-state index is 12.8. The maximum Gasteiger partial charge on any atom is 0.573 e. The van der Waals surface area contributed by atoms with Crippen LogP contribution in [0.1, 0.15) is 12.0 Å². The summed E-state index contributed by atoms with van der Waals surface area (Å²) in [4.78, 5) is 18.6. The molecular formula is C24H19F3N2O3S. The lowest BCUT2D eigenvalue weighted by Gasteiger charge is -2.24. The minimum absolute atomic E-state index is 0.130. The number of aliphatic imine (C=N–C) groups is 1. The lowest BCUT2D eigenvalue weighted by Crippen LogP contribution is -2.27. The third-order valence-electron chi connectivity index (χ3n) is 4.81. The Balaban J connectivity index is 1.51. The summed E-state index contributed by atoms with van der Waals surface area (Å²) in [5, 5.41) is 2.48. The van der Waals surface area contributed by atoms with E-state index in [1.807, 2.05) is 48.5 Å². The first-order valence-electron chi connectivity index (χ1n) is 9.95. The first-order chi connectivity index (χ1) is 15.8. The molecule has 3 aromatic rings. The van der Waals surface area contributed by atoms with E-state index in [2.05, 4.69) is 10.1 Å². The second-order valence-corrected chi connectivity index (χ2v) is 8.37. The van der Waals surface area contributed by atoms with Gasteiger partial charge in [-0.1, -0.05) is 12.1 Å². The fourth-order valence-corrected chi connectivity index (χ4v) is 4.56. The van der Waals surface area contributed by atoms with Crippen LogP contribution < -0.4 is 14.8 Å². The van der Waals surface area contributed by atoms with Gasteiger partial charge >= 0.3 is 6.36 Å². The number of amides is 1. The number of nitrogens with zero attached hydrogens (tertiary/aromatic N) is 1. The Labute approximate surface area is 192 Å². The number of alkyl halides is 3. The quantitative estimate of drug-likeness (QED) is 0.463. The summed E-state index contributed by atoms with van der Waals surface area (Å²) in [6.07, 6.45) is -4.64. The highest BCUT2D eigenvalue weighted by molar-refractivity contribution is 8.01. The summed E-state index contributed by atoms with van der Waals surface area (Å²) in [5.41, 5.74) is 2.86. The summed E-state index contributed by atoms with van der Waals surface area (Å²) in [6.45, 7) is 0. The molecule has 0 fully saturated rings. The van der Waals surface area contributed by atoms with Crippen LogP contribution in [0.4, 0.5) is 24.5 Å². The van der Waals surface area contributed by atoms with Crippen molar-refractivity contribution in [1.82, 2.24) is 0 Å². The number of para-hydroxylation sites is 1. The van der Waals surface area contributed by atoms with Crippen LogP contribution in [0.25, 0.3) is 0 Å². The SMILES string of the molecule is COc1ccc(C2=Nc3ccccc3S[C@H]2CC(=O)Nc2ccc(OC(F)(F)F)cc2)cc1. The van der Waals surface area contributed by atoms with Crippen molar-refractivity contribution >= 4 is 34.8 Å². The van der Waals surface area contributed by atoms with E-state index in [0.717, 1.165) is 39.7 Å². The first-order valence-corrected chi connectivity index (χ1v) is 10.8. The zero-order valence-electron chi connectivity index (χ0n) is 17.4. The maximum atomic E-state index is 12.8. The first kappa shape index (κ1) is 22.7. The molecule has 1 amide bonds. The van der Waals surface area contributed by atoms with Gasteiger partial charge in [-0.25, -0.2) is 0 Å². The van der Waals surface area contributed by atoms with Gasteiger partial charge < -0.3 is 14.8 Å². The highest BCUT2D eigenvalue weighted by Crippen LogP contribution is 2.40. The van der Waals surface area contributed by atoms with Crippen molar-refractivity contribution < 1.29 is 27.4 Å². The highest BCUT2D eigenvalue weighted by Gasteiger charge is 2.31. The van der Waals surface area contributed by atoms with Crippen molar-refractivity contribution in [3.05, 3.63) is 78.4 Å². The van der Waals surface area contributed by atoms with Gasteiger partial charge in [0.15, 0.2) is 0 Å². The van der Waals surface area contributed by atoms with Crippen LogP contribution in [0.15, 0.2) is 82.7 Å². The number of halogens is 3. The van der Waals surface area contributed by atoms with Crippen LogP contribution in [0.5, 0.6) is 11.5 Å². The van der Waals surface area contributed by atoms with Crippen LogP contribution in [0.2, 0.25) is 0 Å². The van der Waals surface area contributed by atoms with Crippen molar-refractivity contribution in [3.8, 4) is 11.5 Å². The van der Waals surface area contributed by atoms with Gasteiger partial charge in [0.05, 0.1) is 23.8 Å². The molecule has 3 aromatic carbocycles. The topological polar surface area (TPSA) is 59.9 Å². The lowest BCUT2D eigenvalue weighted by atomic mass is 10.0.